The maximum absolute atomic E-state index is 14.6. The van der Waals surface area contributed by atoms with E-state index < -0.39 is 84.7 Å². The van der Waals surface area contributed by atoms with Crippen LogP contribution in [0.3, 0.4) is 0 Å². The zero-order chi connectivity index (χ0) is 32.2. The number of likely N-dealkylation sites (tertiary alicyclic amines) is 1. The van der Waals surface area contributed by atoms with Gasteiger partial charge in [0.25, 0.3) is 11.8 Å². The first-order valence-corrected chi connectivity index (χ1v) is 13.7. The van der Waals surface area contributed by atoms with Gasteiger partial charge in [-0.3, -0.25) is 14.4 Å². The third-order valence-electron chi connectivity index (χ3n) is 7.47. The molecule has 4 atom stereocenters. The van der Waals surface area contributed by atoms with Crippen LogP contribution < -0.4 is 10.6 Å². The topological polar surface area (TPSA) is 119 Å². The van der Waals surface area contributed by atoms with Crippen molar-refractivity contribution in [2.45, 2.75) is 56.8 Å². The monoisotopic (exact) mass is 619 g/mol. The van der Waals surface area contributed by atoms with Crippen LogP contribution in [0.1, 0.15) is 39.0 Å². The van der Waals surface area contributed by atoms with Gasteiger partial charge in [0.15, 0.2) is 6.10 Å². The van der Waals surface area contributed by atoms with E-state index in [9.17, 15) is 46.5 Å². The van der Waals surface area contributed by atoms with Crippen molar-refractivity contribution >= 4 is 17.7 Å². The van der Waals surface area contributed by atoms with Crippen LogP contribution in [0.15, 0.2) is 66.7 Å². The summed E-state index contributed by atoms with van der Waals surface area (Å²) in [5.41, 5.74) is -0.749. The van der Waals surface area contributed by atoms with E-state index >= 15 is 0 Å². The highest BCUT2D eigenvalue weighted by Crippen LogP contribution is 2.33. The van der Waals surface area contributed by atoms with Crippen LogP contribution in [0.4, 0.5) is 22.0 Å². The number of rotatable bonds is 9. The lowest BCUT2D eigenvalue weighted by molar-refractivity contribution is -0.146. The summed E-state index contributed by atoms with van der Waals surface area (Å²) in [6.45, 7) is 0.258. The van der Waals surface area contributed by atoms with Gasteiger partial charge >= 0.3 is 6.18 Å². The van der Waals surface area contributed by atoms with E-state index in [1.165, 1.54) is 25.1 Å². The number of hydrogen-bond donors (Lipinski definition) is 4. The Labute approximate surface area is 249 Å². The first kappa shape index (κ1) is 32.4. The standard InChI is InChI=1S/C31H30F5N3O5/c1-17-22(8-5-9-26(17)40)28(42)38-24(12-18-6-3-2-4-7-18)27(41)30(44)39-16-21(33)14-25(39)29(43)37-15-19-10-11-20(32)13-23(19)31(34,35)36/h2-11,13,21,24-25,27,40-41H,12,14-16H2,1H3,(H,37,43)(H,38,42)/t21-,24-,25+,27-/m0/s1. The number of amides is 3. The molecule has 1 aliphatic heterocycles. The van der Waals surface area contributed by atoms with Gasteiger partial charge in [-0.15, -0.1) is 0 Å². The minimum absolute atomic E-state index is 0.0358. The summed E-state index contributed by atoms with van der Waals surface area (Å²) in [4.78, 5) is 40.5. The number of halogens is 5. The Morgan fingerprint density at radius 1 is 1.05 bits per heavy atom. The zero-order valence-electron chi connectivity index (χ0n) is 23.4. The van der Waals surface area contributed by atoms with Crippen LogP contribution >= 0.6 is 0 Å². The highest BCUT2D eigenvalue weighted by molar-refractivity contribution is 5.97. The lowest BCUT2D eigenvalue weighted by atomic mass is 9.98. The van der Waals surface area contributed by atoms with Gasteiger partial charge in [-0.1, -0.05) is 42.5 Å². The SMILES string of the molecule is Cc1c(O)cccc1C(=O)N[C@@H](Cc1ccccc1)[C@H](O)C(=O)N1C[C@@H](F)C[C@@H]1C(=O)NCc1ccc(F)cc1C(F)(F)F. The van der Waals surface area contributed by atoms with Crippen molar-refractivity contribution in [1.29, 1.82) is 0 Å². The van der Waals surface area contributed by atoms with Crippen LogP contribution in [0.5, 0.6) is 5.75 Å². The highest BCUT2D eigenvalue weighted by atomic mass is 19.4. The van der Waals surface area contributed by atoms with Gasteiger partial charge in [0.05, 0.1) is 18.2 Å². The summed E-state index contributed by atoms with van der Waals surface area (Å²) < 4.78 is 68.2. The van der Waals surface area contributed by atoms with Crippen molar-refractivity contribution in [3.8, 4) is 5.75 Å². The molecule has 4 N–H and O–H groups in total. The molecule has 3 amide bonds. The normalized spacial score (nSPS) is 18.0. The molecule has 0 aliphatic carbocycles. The molecule has 4 rings (SSSR count). The predicted molar refractivity (Wildman–Crippen MR) is 149 cm³/mol. The smallest absolute Gasteiger partial charge is 0.416 e. The summed E-state index contributed by atoms with van der Waals surface area (Å²) in [5.74, 6) is -4.01. The number of hydrogen-bond acceptors (Lipinski definition) is 5. The fraction of sp³-hybridized carbons (Fsp3) is 0.323. The van der Waals surface area contributed by atoms with Crippen LogP contribution in [0.25, 0.3) is 0 Å². The van der Waals surface area contributed by atoms with Gasteiger partial charge in [0.2, 0.25) is 5.91 Å². The fourth-order valence-corrected chi connectivity index (χ4v) is 5.11. The van der Waals surface area contributed by atoms with E-state index in [0.717, 1.165) is 17.0 Å². The molecule has 0 bridgehead atoms. The summed E-state index contributed by atoms with van der Waals surface area (Å²) in [5, 5.41) is 26.1. The number of carbonyl (C=O) groups is 3. The fourth-order valence-electron chi connectivity index (χ4n) is 5.11. The largest absolute Gasteiger partial charge is 0.508 e. The number of phenolic OH excluding ortho intramolecular Hbond substituents is 1. The van der Waals surface area contributed by atoms with Crippen LogP contribution in [0.2, 0.25) is 0 Å². The number of benzene rings is 3. The van der Waals surface area contributed by atoms with Gasteiger partial charge in [-0.05, 0) is 48.7 Å². The molecule has 3 aromatic rings. The second-order valence-corrected chi connectivity index (χ2v) is 10.5. The minimum Gasteiger partial charge on any atom is -0.508 e. The number of aliphatic hydroxyl groups excluding tert-OH is 1. The number of aromatic hydroxyl groups is 1. The molecule has 1 fully saturated rings. The third-order valence-corrected chi connectivity index (χ3v) is 7.47. The number of aliphatic hydroxyl groups is 1. The number of phenols is 1. The summed E-state index contributed by atoms with van der Waals surface area (Å²) in [6, 6.07) is 12.1. The van der Waals surface area contributed by atoms with E-state index in [1.54, 1.807) is 30.3 Å². The predicted octanol–water partition coefficient (Wildman–Crippen LogP) is 3.82. The molecule has 0 unspecified atom stereocenters. The zero-order valence-corrected chi connectivity index (χ0v) is 23.4. The first-order chi connectivity index (χ1) is 20.8. The van der Waals surface area contributed by atoms with Gasteiger partial charge in [-0.25, -0.2) is 8.78 Å². The Balaban J connectivity index is 1.53. The van der Waals surface area contributed by atoms with E-state index in [1.807, 2.05) is 0 Å². The summed E-state index contributed by atoms with van der Waals surface area (Å²) in [7, 11) is 0. The molecule has 0 spiro atoms. The van der Waals surface area contributed by atoms with Gasteiger partial charge in [-0.2, -0.15) is 13.2 Å². The van der Waals surface area contributed by atoms with Crippen molar-refractivity contribution in [2.75, 3.05) is 6.54 Å². The quantitative estimate of drug-likeness (QED) is 0.272. The van der Waals surface area contributed by atoms with Gasteiger partial charge < -0.3 is 25.7 Å². The van der Waals surface area contributed by atoms with Crippen molar-refractivity contribution < 1.29 is 46.5 Å². The van der Waals surface area contributed by atoms with E-state index in [4.69, 9.17) is 0 Å². The minimum atomic E-state index is -4.90. The maximum Gasteiger partial charge on any atom is 0.416 e. The summed E-state index contributed by atoms with van der Waals surface area (Å²) >= 11 is 0. The van der Waals surface area contributed by atoms with Gasteiger partial charge in [0, 0.05) is 24.1 Å². The number of nitrogens with zero attached hydrogens (tertiary/aromatic N) is 1. The van der Waals surface area contributed by atoms with Crippen molar-refractivity contribution in [3.05, 3.63) is 100 Å². The van der Waals surface area contributed by atoms with Crippen LogP contribution in [0, 0.1) is 12.7 Å². The van der Waals surface area contributed by atoms with Crippen LogP contribution in [-0.2, 0) is 28.7 Å². The molecule has 234 valence electrons. The molecule has 0 aromatic heterocycles. The number of nitrogens with one attached hydrogen (secondary N) is 2. The average molecular weight is 620 g/mol. The van der Waals surface area contributed by atoms with Crippen LogP contribution in [-0.4, -0.2) is 63.7 Å². The Hall–Kier alpha value is -4.52. The van der Waals surface area contributed by atoms with Crippen molar-refractivity contribution in [2.24, 2.45) is 0 Å². The van der Waals surface area contributed by atoms with E-state index in [0.29, 0.717) is 11.6 Å². The molecule has 1 aliphatic rings. The Kier molecular flexibility index (Phi) is 9.88. The second kappa shape index (κ2) is 13.4. The van der Waals surface area contributed by atoms with Crippen molar-refractivity contribution in [3.63, 3.8) is 0 Å². The molecule has 1 saturated heterocycles. The molecule has 44 heavy (non-hydrogen) atoms. The Morgan fingerprint density at radius 2 is 1.75 bits per heavy atom. The van der Waals surface area contributed by atoms with E-state index in [2.05, 4.69) is 10.6 Å². The highest BCUT2D eigenvalue weighted by Gasteiger charge is 2.44. The molecule has 0 radical (unpaired) electrons. The molecule has 0 saturated carbocycles. The lowest BCUT2D eigenvalue weighted by Crippen LogP contribution is -2.55. The lowest BCUT2D eigenvalue weighted by Gasteiger charge is -2.30. The Bertz CT molecular complexity index is 1520. The molecule has 3 aromatic carbocycles. The van der Waals surface area contributed by atoms with E-state index in [-0.39, 0.29) is 23.3 Å². The molecular formula is C31H30F5N3O5. The number of carbonyl (C=O) groups excluding carboxylic acids is 3. The third kappa shape index (κ3) is 7.51. The first-order valence-electron chi connectivity index (χ1n) is 13.7. The second-order valence-electron chi connectivity index (χ2n) is 10.5. The average Bonchev–Trinajstić information content (AvgIpc) is 3.38. The Morgan fingerprint density at radius 3 is 2.43 bits per heavy atom. The van der Waals surface area contributed by atoms with Crippen molar-refractivity contribution in [1.82, 2.24) is 15.5 Å². The summed E-state index contributed by atoms with van der Waals surface area (Å²) in [6.07, 6.45) is -9.04. The molecule has 1 heterocycles. The van der Waals surface area contributed by atoms with Gasteiger partial charge in [0.1, 0.15) is 23.8 Å². The molecular weight excluding hydrogens is 589 g/mol. The maximum atomic E-state index is 14.6. The molecule has 13 heteroatoms. The number of alkyl halides is 4. The molecule has 8 nitrogen and oxygen atoms in total.